The Morgan fingerprint density at radius 2 is 0.704 bits per heavy atom. The minimum Gasteiger partial charge on any atom is -0.247 e. The molecule has 0 aliphatic rings. The summed E-state index contributed by atoms with van der Waals surface area (Å²) >= 11 is 0. The van der Waals surface area contributed by atoms with Gasteiger partial charge in [0, 0.05) is 54.6 Å². The third kappa shape index (κ3) is 4.98. The first kappa shape index (κ1) is 30.3. The van der Waals surface area contributed by atoms with Gasteiger partial charge in [-0.05, 0) is 36.4 Å². The maximum Gasteiger partial charge on any atom is 0.0972 e. The molecule has 250 valence electrons. The summed E-state index contributed by atoms with van der Waals surface area (Å²) in [6, 6.07) is 60.8. The molecule has 0 fully saturated rings. The van der Waals surface area contributed by atoms with E-state index >= 15 is 0 Å². The Labute approximate surface area is 310 Å². The molecule has 54 heavy (non-hydrogen) atoms. The number of nitrogens with zero attached hydrogens (tertiary/aromatic N) is 5. The summed E-state index contributed by atoms with van der Waals surface area (Å²) in [7, 11) is 0. The summed E-state index contributed by atoms with van der Waals surface area (Å²) in [5.41, 5.74) is 13.1. The Balaban J connectivity index is 1.13. The molecule has 0 bridgehead atoms. The number of hydrogen-bond donors (Lipinski definition) is 0. The highest BCUT2D eigenvalue weighted by Crippen LogP contribution is 2.37. The van der Waals surface area contributed by atoms with Crippen molar-refractivity contribution in [1.29, 1.82) is 0 Å². The molecule has 11 rings (SSSR count). The van der Waals surface area contributed by atoms with E-state index in [1.807, 2.05) is 42.5 Å². The second kappa shape index (κ2) is 12.1. The van der Waals surface area contributed by atoms with E-state index in [-0.39, 0.29) is 0 Å². The van der Waals surface area contributed by atoms with Gasteiger partial charge in [0.25, 0.3) is 0 Å². The molecule has 0 spiro atoms. The summed E-state index contributed by atoms with van der Waals surface area (Å²) in [5, 5.41) is 6.17. The van der Waals surface area contributed by atoms with Crippen LogP contribution in [0.25, 0.3) is 110 Å². The second-order valence-corrected chi connectivity index (χ2v) is 13.7. The van der Waals surface area contributed by atoms with Gasteiger partial charge in [0.05, 0.1) is 55.9 Å². The zero-order valence-corrected chi connectivity index (χ0v) is 29.0. The number of aromatic nitrogens is 5. The summed E-state index contributed by atoms with van der Waals surface area (Å²) in [5.74, 6) is 0. The minimum atomic E-state index is 0.855. The number of pyridine rings is 5. The lowest BCUT2D eigenvalue weighted by molar-refractivity contribution is 1.36. The van der Waals surface area contributed by atoms with Gasteiger partial charge in [0.1, 0.15) is 0 Å². The Hall–Kier alpha value is -7.37. The SMILES string of the molecule is c1ccc(-c2ccc3ccc4ccc(-c5ccc6c(c5)nc(-c5ccccc5)c5cc7ccc8ccc(-c9ccccc9)nc8c7nc56)nc4c3n2)cc1. The van der Waals surface area contributed by atoms with Crippen LogP contribution in [0.5, 0.6) is 0 Å². The zero-order valence-electron chi connectivity index (χ0n) is 29.0. The van der Waals surface area contributed by atoms with Crippen molar-refractivity contribution in [1.82, 2.24) is 24.9 Å². The Kier molecular flexibility index (Phi) is 6.79. The first-order valence-corrected chi connectivity index (χ1v) is 18.1. The number of benzene rings is 6. The predicted octanol–water partition coefficient (Wildman–Crippen LogP) is 12.2. The maximum atomic E-state index is 5.44. The summed E-state index contributed by atoms with van der Waals surface area (Å²) < 4.78 is 0. The fraction of sp³-hybridized carbons (Fsp3) is 0. The third-order valence-electron chi connectivity index (χ3n) is 10.4. The van der Waals surface area contributed by atoms with Gasteiger partial charge in [0.2, 0.25) is 0 Å². The lowest BCUT2D eigenvalue weighted by atomic mass is 9.99. The van der Waals surface area contributed by atoms with Crippen LogP contribution >= 0.6 is 0 Å². The average molecular weight is 688 g/mol. The Morgan fingerprint density at radius 1 is 0.259 bits per heavy atom. The predicted molar refractivity (Wildman–Crippen MR) is 222 cm³/mol. The van der Waals surface area contributed by atoms with Crippen molar-refractivity contribution in [3.63, 3.8) is 0 Å². The number of fused-ring (bicyclic) bond motifs is 9. The van der Waals surface area contributed by atoms with Crippen molar-refractivity contribution in [2.75, 3.05) is 0 Å². The van der Waals surface area contributed by atoms with Crippen molar-refractivity contribution >= 4 is 65.4 Å². The molecule has 0 saturated heterocycles. The molecule has 5 aromatic heterocycles. The lowest BCUT2D eigenvalue weighted by Crippen LogP contribution is -1.95. The fourth-order valence-corrected chi connectivity index (χ4v) is 7.65. The van der Waals surface area contributed by atoms with Crippen LogP contribution in [0.15, 0.2) is 176 Å². The van der Waals surface area contributed by atoms with Gasteiger partial charge in [-0.25, -0.2) is 24.9 Å². The smallest absolute Gasteiger partial charge is 0.0972 e. The van der Waals surface area contributed by atoms with E-state index in [9.17, 15) is 0 Å². The van der Waals surface area contributed by atoms with Crippen LogP contribution in [-0.4, -0.2) is 24.9 Å². The van der Waals surface area contributed by atoms with E-state index in [0.717, 1.165) is 110 Å². The first-order valence-electron chi connectivity index (χ1n) is 18.1. The van der Waals surface area contributed by atoms with Gasteiger partial charge in [-0.3, -0.25) is 0 Å². The summed E-state index contributed by atoms with van der Waals surface area (Å²) in [6.45, 7) is 0. The number of rotatable bonds is 4. The molecule has 5 heterocycles. The molecular weight excluding hydrogens is 659 g/mol. The van der Waals surface area contributed by atoms with Crippen molar-refractivity contribution in [3.05, 3.63) is 176 Å². The van der Waals surface area contributed by atoms with Crippen LogP contribution in [0.1, 0.15) is 0 Å². The summed E-state index contributed by atoms with van der Waals surface area (Å²) in [4.78, 5) is 26.3. The van der Waals surface area contributed by atoms with E-state index in [0.29, 0.717) is 0 Å². The van der Waals surface area contributed by atoms with Gasteiger partial charge in [-0.2, -0.15) is 0 Å². The van der Waals surface area contributed by atoms with Crippen LogP contribution in [0.3, 0.4) is 0 Å². The molecule has 5 nitrogen and oxygen atoms in total. The van der Waals surface area contributed by atoms with Crippen molar-refractivity contribution in [2.45, 2.75) is 0 Å². The van der Waals surface area contributed by atoms with E-state index in [1.54, 1.807) is 0 Å². The molecule has 5 heteroatoms. The molecule has 0 unspecified atom stereocenters. The van der Waals surface area contributed by atoms with E-state index in [2.05, 4.69) is 133 Å². The van der Waals surface area contributed by atoms with Gasteiger partial charge in [-0.15, -0.1) is 0 Å². The first-order chi connectivity index (χ1) is 26.7. The molecular formula is C49H29N5. The fourth-order valence-electron chi connectivity index (χ4n) is 7.65. The quantitative estimate of drug-likeness (QED) is 0.136. The Bertz CT molecular complexity index is 3250. The highest BCUT2D eigenvalue weighted by Gasteiger charge is 2.17. The molecule has 0 atom stereocenters. The van der Waals surface area contributed by atoms with E-state index in [1.165, 1.54) is 0 Å². The normalized spacial score (nSPS) is 11.7. The highest BCUT2D eigenvalue weighted by atomic mass is 14.8. The molecule has 0 saturated carbocycles. The van der Waals surface area contributed by atoms with Gasteiger partial charge in [-0.1, -0.05) is 140 Å². The van der Waals surface area contributed by atoms with Crippen molar-refractivity contribution in [2.24, 2.45) is 0 Å². The molecule has 0 N–H and O–H groups in total. The maximum absolute atomic E-state index is 5.44. The largest absolute Gasteiger partial charge is 0.247 e. The van der Waals surface area contributed by atoms with Crippen molar-refractivity contribution in [3.8, 4) is 45.0 Å². The standard InChI is InChI=1S/C49H29N5/c1-4-10-30(11-5-1)40-25-21-33-16-17-34-23-27-42(52-46(34)45(33)50-40)36-20-24-38-43(29-36)53-44(32-14-8-3-9-15-32)39-28-37-19-18-35-22-26-41(31-12-6-2-7-13-31)51-47(35)48(37)54-49(38)39/h1-29H. The molecule has 6 aromatic carbocycles. The van der Waals surface area contributed by atoms with Gasteiger partial charge >= 0.3 is 0 Å². The van der Waals surface area contributed by atoms with Gasteiger partial charge in [0.15, 0.2) is 0 Å². The van der Waals surface area contributed by atoms with E-state index in [4.69, 9.17) is 24.9 Å². The van der Waals surface area contributed by atoms with Gasteiger partial charge < -0.3 is 0 Å². The molecule has 0 radical (unpaired) electrons. The third-order valence-corrected chi connectivity index (χ3v) is 10.4. The highest BCUT2D eigenvalue weighted by molar-refractivity contribution is 6.15. The number of hydrogen-bond acceptors (Lipinski definition) is 5. The topological polar surface area (TPSA) is 64.5 Å². The lowest BCUT2D eigenvalue weighted by Gasteiger charge is -2.13. The monoisotopic (exact) mass is 687 g/mol. The van der Waals surface area contributed by atoms with Crippen LogP contribution in [0.4, 0.5) is 0 Å². The molecule has 11 aromatic rings. The summed E-state index contributed by atoms with van der Waals surface area (Å²) in [6.07, 6.45) is 0. The molecule has 0 amide bonds. The van der Waals surface area contributed by atoms with Crippen LogP contribution in [0.2, 0.25) is 0 Å². The second-order valence-electron chi connectivity index (χ2n) is 13.7. The van der Waals surface area contributed by atoms with Crippen LogP contribution in [0, 0.1) is 0 Å². The molecule has 0 aliphatic carbocycles. The van der Waals surface area contributed by atoms with Crippen LogP contribution in [-0.2, 0) is 0 Å². The molecule has 0 aliphatic heterocycles. The van der Waals surface area contributed by atoms with Crippen molar-refractivity contribution < 1.29 is 0 Å². The Morgan fingerprint density at radius 3 is 1.24 bits per heavy atom. The zero-order chi connectivity index (χ0) is 35.6. The van der Waals surface area contributed by atoms with E-state index < -0.39 is 0 Å². The van der Waals surface area contributed by atoms with Crippen LogP contribution < -0.4 is 0 Å². The minimum absolute atomic E-state index is 0.855. The average Bonchev–Trinajstić information content (AvgIpc) is 3.25.